The highest BCUT2D eigenvalue weighted by atomic mass is 16.1. The van der Waals surface area contributed by atoms with Crippen LogP contribution in [0.4, 0.5) is 5.69 Å². The molecule has 0 saturated carbocycles. The Morgan fingerprint density at radius 3 is 2.56 bits per heavy atom. The normalized spacial score (nSPS) is 12.1. The number of carbonyl (C=O) groups excluding carboxylic acids is 2. The van der Waals surface area contributed by atoms with Crippen molar-refractivity contribution >= 4 is 28.2 Å². The van der Waals surface area contributed by atoms with Gasteiger partial charge in [0, 0.05) is 47.6 Å². The number of anilines is 1. The minimum atomic E-state index is -0.177. The fourth-order valence-corrected chi connectivity index (χ4v) is 3.71. The number of ketones is 1. The molecule has 0 bridgehead atoms. The number of pyridine rings is 1. The summed E-state index contributed by atoms with van der Waals surface area (Å²) in [5, 5.41) is 3.80. The minimum Gasteiger partial charge on any atom is -0.399 e. The Kier molecular flexibility index (Phi) is 4.03. The molecule has 0 unspecified atom stereocenters. The van der Waals surface area contributed by atoms with Crippen molar-refractivity contribution in [2.45, 2.75) is 19.9 Å². The number of benzene rings is 2. The molecule has 1 aliphatic rings. The third-order valence-electron chi connectivity index (χ3n) is 4.88. The average Bonchev–Trinajstić information content (AvgIpc) is 2.94. The number of carbonyl (C=O) groups is 2. The van der Waals surface area contributed by atoms with Crippen molar-refractivity contribution < 1.29 is 9.59 Å². The van der Waals surface area contributed by atoms with E-state index in [1.54, 1.807) is 28.8 Å². The summed E-state index contributed by atoms with van der Waals surface area (Å²) < 4.78 is 1.64. The van der Waals surface area contributed by atoms with Gasteiger partial charge < -0.3 is 15.6 Å². The molecular weight excluding hydrogens is 342 g/mol. The topological polar surface area (TPSA) is 94.2 Å². The van der Waals surface area contributed by atoms with Gasteiger partial charge in [0.05, 0.1) is 11.3 Å². The molecule has 0 radical (unpaired) electrons. The van der Waals surface area contributed by atoms with Crippen molar-refractivity contribution in [3.63, 3.8) is 0 Å². The Balaban J connectivity index is 1.94. The van der Waals surface area contributed by atoms with E-state index in [9.17, 15) is 14.4 Å². The average molecular weight is 361 g/mol. The number of nitrogens with one attached hydrogen (secondary N) is 1. The highest BCUT2D eigenvalue weighted by Gasteiger charge is 2.32. The first-order valence-electron chi connectivity index (χ1n) is 8.83. The number of rotatable bonds is 4. The van der Waals surface area contributed by atoms with Crippen LogP contribution in [0.1, 0.15) is 29.3 Å². The maximum Gasteiger partial charge on any atom is 0.259 e. The third-order valence-corrected chi connectivity index (χ3v) is 4.88. The summed E-state index contributed by atoms with van der Waals surface area (Å²) in [7, 11) is 0. The standard InChI is InChI=1S/C21H19N3O3/c1-12(25)23-9-4-10-24-19-15-5-2-3-6-16(15)20(26)18(19)14-8-7-13(22)11-17(14)21(24)27/h2-3,5-8,11H,4,9-10,22H2,1H3,(H,23,25). The molecular formula is C21H19N3O3. The van der Waals surface area contributed by atoms with Crippen LogP contribution in [-0.2, 0) is 11.3 Å². The van der Waals surface area contributed by atoms with Gasteiger partial charge in [0.25, 0.3) is 5.56 Å². The van der Waals surface area contributed by atoms with Crippen molar-refractivity contribution in [2.75, 3.05) is 12.3 Å². The number of nitrogens with zero attached hydrogens (tertiary/aromatic N) is 1. The van der Waals surface area contributed by atoms with E-state index in [1.165, 1.54) is 6.92 Å². The van der Waals surface area contributed by atoms with Crippen LogP contribution in [0, 0.1) is 0 Å². The van der Waals surface area contributed by atoms with Crippen LogP contribution in [0.5, 0.6) is 0 Å². The first-order chi connectivity index (χ1) is 13.0. The summed E-state index contributed by atoms with van der Waals surface area (Å²) in [5.74, 6) is -0.189. The Bertz CT molecular complexity index is 1160. The summed E-state index contributed by atoms with van der Waals surface area (Å²) in [6.45, 7) is 2.31. The Morgan fingerprint density at radius 1 is 1.07 bits per heavy atom. The van der Waals surface area contributed by atoms with Crippen LogP contribution in [0.25, 0.3) is 22.0 Å². The SMILES string of the molecule is CC(=O)NCCCn1c2c(c3ccc(N)cc3c1=O)C(=O)c1ccccc1-2. The van der Waals surface area contributed by atoms with Gasteiger partial charge in [0.1, 0.15) is 0 Å². The number of aromatic nitrogens is 1. The molecule has 136 valence electrons. The van der Waals surface area contributed by atoms with Crippen LogP contribution in [-0.4, -0.2) is 22.8 Å². The lowest BCUT2D eigenvalue weighted by Gasteiger charge is -2.15. The number of nitrogen functional groups attached to an aromatic ring is 1. The van der Waals surface area contributed by atoms with Gasteiger partial charge in [0.15, 0.2) is 5.78 Å². The quantitative estimate of drug-likeness (QED) is 0.431. The van der Waals surface area contributed by atoms with E-state index in [-0.39, 0.29) is 17.2 Å². The second-order valence-electron chi connectivity index (χ2n) is 6.70. The number of hydrogen-bond acceptors (Lipinski definition) is 4. The van der Waals surface area contributed by atoms with E-state index in [0.717, 1.165) is 5.56 Å². The Hall–Kier alpha value is -3.41. The molecule has 6 heteroatoms. The van der Waals surface area contributed by atoms with E-state index in [2.05, 4.69) is 5.32 Å². The molecule has 1 heterocycles. The van der Waals surface area contributed by atoms with Gasteiger partial charge in [-0.15, -0.1) is 0 Å². The van der Waals surface area contributed by atoms with Gasteiger partial charge in [-0.2, -0.15) is 0 Å². The molecule has 1 aromatic heterocycles. The first kappa shape index (κ1) is 17.0. The van der Waals surface area contributed by atoms with Gasteiger partial charge in [0.2, 0.25) is 5.91 Å². The maximum atomic E-state index is 13.2. The van der Waals surface area contributed by atoms with Crippen LogP contribution in [0.3, 0.4) is 0 Å². The zero-order valence-electron chi connectivity index (χ0n) is 14.9. The number of amides is 1. The van der Waals surface area contributed by atoms with E-state index >= 15 is 0 Å². The molecule has 0 spiro atoms. The number of hydrogen-bond donors (Lipinski definition) is 2. The molecule has 0 saturated heterocycles. The fourth-order valence-electron chi connectivity index (χ4n) is 3.71. The van der Waals surface area contributed by atoms with Gasteiger partial charge in [-0.25, -0.2) is 0 Å². The molecule has 2 aromatic carbocycles. The van der Waals surface area contributed by atoms with Crippen LogP contribution in [0.2, 0.25) is 0 Å². The number of fused-ring (bicyclic) bond motifs is 5. The highest BCUT2D eigenvalue weighted by molar-refractivity contribution is 6.26. The summed E-state index contributed by atoms with van der Waals surface area (Å²) in [4.78, 5) is 37.3. The molecule has 27 heavy (non-hydrogen) atoms. The Labute approximate surface area is 155 Å². The molecule has 0 atom stereocenters. The van der Waals surface area contributed by atoms with Gasteiger partial charge in [-0.05, 0) is 18.6 Å². The predicted molar refractivity (Wildman–Crippen MR) is 105 cm³/mol. The molecule has 3 aromatic rings. The van der Waals surface area contributed by atoms with E-state index < -0.39 is 0 Å². The van der Waals surface area contributed by atoms with Crippen LogP contribution < -0.4 is 16.6 Å². The lowest BCUT2D eigenvalue weighted by Crippen LogP contribution is -2.27. The minimum absolute atomic E-state index is 0.0778. The smallest absolute Gasteiger partial charge is 0.259 e. The van der Waals surface area contributed by atoms with Gasteiger partial charge in [-0.1, -0.05) is 30.3 Å². The lowest BCUT2D eigenvalue weighted by molar-refractivity contribution is -0.118. The maximum absolute atomic E-state index is 13.2. The van der Waals surface area contributed by atoms with Gasteiger partial charge >= 0.3 is 0 Å². The molecule has 4 rings (SSSR count). The van der Waals surface area contributed by atoms with Crippen molar-refractivity contribution in [1.29, 1.82) is 0 Å². The summed E-state index contributed by atoms with van der Waals surface area (Å²) in [6, 6.07) is 12.4. The number of nitrogens with two attached hydrogens (primary N) is 1. The Morgan fingerprint density at radius 2 is 1.81 bits per heavy atom. The zero-order chi connectivity index (χ0) is 19.1. The highest BCUT2D eigenvalue weighted by Crippen LogP contribution is 2.39. The van der Waals surface area contributed by atoms with E-state index in [1.807, 2.05) is 18.2 Å². The second-order valence-corrected chi connectivity index (χ2v) is 6.70. The monoisotopic (exact) mass is 361 g/mol. The molecule has 3 N–H and O–H groups in total. The third kappa shape index (κ3) is 2.70. The van der Waals surface area contributed by atoms with E-state index in [0.29, 0.717) is 52.8 Å². The molecule has 1 amide bonds. The van der Waals surface area contributed by atoms with Crippen molar-refractivity contribution in [3.8, 4) is 11.3 Å². The largest absolute Gasteiger partial charge is 0.399 e. The van der Waals surface area contributed by atoms with Crippen LogP contribution in [0.15, 0.2) is 47.3 Å². The molecule has 6 nitrogen and oxygen atoms in total. The molecule has 1 aliphatic carbocycles. The summed E-state index contributed by atoms with van der Waals surface area (Å²) >= 11 is 0. The first-order valence-corrected chi connectivity index (χ1v) is 8.83. The van der Waals surface area contributed by atoms with Gasteiger partial charge in [-0.3, -0.25) is 14.4 Å². The molecule has 0 fully saturated rings. The predicted octanol–water partition coefficient (Wildman–Crippen LogP) is 2.32. The van der Waals surface area contributed by atoms with Crippen molar-refractivity contribution in [1.82, 2.24) is 9.88 Å². The zero-order valence-corrected chi connectivity index (χ0v) is 14.9. The molecule has 0 aliphatic heterocycles. The lowest BCUT2D eigenvalue weighted by atomic mass is 10.0. The second kappa shape index (κ2) is 6.39. The van der Waals surface area contributed by atoms with Crippen molar-refractivity contribution in [3.05, 3.63) is 63.9 Å². The summed E-state index contributed by atoms with van der Waals surface area (Å²) in [6.07, 6.45) is 0.579. The van der Waals surface area contributed by atoms with Crippen LogP contribution >= 0.6 is 0 Å². The fraction of sp³-hybridized carbons (Fsp3) is 0.190. The van der Waals surface area contributed by atoms with E-state index in [4.69, 9.17) is 5.73 Å². The summed E-state index contributed by atoms with van der Waals surface area (Å²) in [5.41, 5.74) is 8.76. The van der Waals surface area contributed by atoms with Crippen molar-refractivity contribution in [2.24, 2.45) is 0 Å².